The van der Waals surface area contributed by atoms with Crippen LogP contribution in [0.4, 0.5) is 0 Å². The van der Waals surface area contributed by atoms with Crippen LogP contribution in [0.15, 0.2) is 30.6 Å². The van der Waals surface area contributed by atoms with E-state index in [0.29, 0.717) is 5.15 Å². The Labute approximate surface area is 87.3 Å². The molecule has 72 valence electrons. The van der Waals surface area contributed by atoms with E-state index in [2.05, 4.69) is 10.1 Å². The molecular weight excluding hydrogens is 198 g/mol. The summed E-state index contributed by atoms with van der Waals surface area (Å²) in [4.78, 5) is 4.01. The molecule has 4 heteroatoms. The molecule has 0 aliphatic heterocycles. The molecule has 0 saturated carbocycles. The first-order valence-electron chi connectivity index (χ1n) is 4.33. The molecule has 0 aliphatic rings. The lowest BCUT2D eigenvalue weighted by Crippen LogP contribution is -1.94. The van der Waals surface area contributed by atoms with E-state index in [1.165, 1.54) is 0 Å². The van der Waals surface area contributed by atoms with Crippen molar-refractivity contribution in [1.82, 2.24) is 14.8 Å². The van der Waals surface area contributed by atoms with E-state index in [4.69, 9.17) is 11.6 Å². The van der Waals surface area contributed by atoms with Crippen molar-refractivity contribution in [3.8, 4) is 0 Å². The van der Waals surface area contributed by atoms with E-state index in [9.17, 15) is 0 Å². The minimum Gasteiger partial charge on any atom is -0.276 e. The van der Waals surface area contributed by atoms with Crippen molar-refractivity contribution in [2.45, 2.75) is 6.42 Å². The van der Waals surface area contributed by atoms with Gasteiger partial charge in [0, 0.05) is 25.9 Å². The van der Waals surface area contributed by atoms with Gasteiger partial charge in [0.2, 0.25) is 0 Å². The summed E-state index contributed by atoms with van der Waals surface area (Å²) in [5.41, 5.74) is 2.01. The smallest absolute Gasteiger partial charge is 0.132 e. The topological polar surface area (TPSA) is 30.7 Å². The fraction of sp³-hybridized carbons (Fsp3) is 0.200. The van der Waals surface area contributed by atoms with E-state index < -0.39 is 0 Å². The van der Waals surface area contributed by atoms with Crippen molar-refractivity contribution in [2.24, 2.45) is 7.05 Å². The van der Waals surface area contributed by atoms with Gasteiger partial charge in [-0.2, -0.15) is 5.10 Å². The monoisotopic (exact) mass is 207 g/mol. The molecule has 3 nitrogen and oxygen atoms in total. The van der Waals surface area contributed by atoms with Crippen molar-refractivity contribution in [2.75, 3.05) is 0 Å². The second-order valence-corrected chi connectivity index (χ2v) is 3.47. The predicted octanol–water partition coefficient (Wildman–Crippen LogP) is 2.06. The zero-order valence-electron chi connectivity index (χ0n) is 7.81. The summed E-state index contributed by atoms with van der Waals surface area (Å²) in [5.74, 6) is 0. The molecule has 2 rings (SSSR count). The largest absolute Gasteiger partial charge is 0.276 e. The predicted molar refractivity (Wildman–Crippen MR) is 55.3 cm³/mol. The fourth-order valence-corrected chi connectivity index (χ4v) is 1.49. The molecule has 2 aromatic rings. The highest BCUT2D eigenvalue weighted by molar-refractivity contribution is 6.30. The highest BCUT2D eigenvalue weighted by Gasteiger charge is 2.03. The summed E-state index contributed by atoms with van der Waals surface area (Å²) < 4.78 is 1.78. The third-order valence-electron chi connectivity index (χ3n) is 1.98. The first-order chi connectivity index (χ1) is 6.75. The number of aryl methyl sites for hydroxylation is 1. The molecule has 2 aromatic heterocycles. The van der Waals surface area contributed by atoms with Crippen molar-refractivity contribution in [1.29, 1.82) is 0 Å². The molecule has 0 spiro atoms. The van der Waals surface area contributed by atoms with Crippen LogP contribution in [0.5, 0.6) is 0 Å². The zero-order chi connectivity index (χ0) is 9.97. The lowest BCUT2D eigenvalue weighted by atomic mass is 10.2. The van der Waals surface area contributed by atoms with E-state index >= 15 is 0 Å². The molecule has 0 aliphatic carbocycles. The standard InChI is InChI=1S/C10H10ClN3/c1-14-6-4-9(13-14)7-8-3-2-5-12-10(8)11/h2-6H,7H2,1H3. The number of pyridine rings is 1. The second-order valence-electron chi connectivity index (χ2n) is 3.11. The minimum atomic E-state index is 0.554. The van der Waals surface area contributed by atoms with Gasteiger partial charge in [0.1, 0.15) is 5.15 Å². The van der Waals surface area contributed by atoms with Crippen molar-refractivity contribution in [3.05, 3.63) is 47.0 Å². The molecule has 0 unspecified atom stereocenters. The highest BCUT2D eigenvalue weighted by atomic mass is 35.5. The number of nitrogens with zero attached hydrogens (tertiary/aromatic N) is 3. The SMILES string of the molecule is Cn1ccc(Cc2cccnc2Cl)n1. The lowest BCUT2D eigenvalue weighted by molar-refractivity contribution is 0.749. The Morgan fingerprint density at radius 1 is 1.43 bits per heavy atom. The van der Waals surface area contributed by atoms with Gasteiger partial charge in [0.25, 0.3) is 0 Å². The first-order valence-corrected chi connectivity index (χ1v) is 4.71. The Balaban J connectivity index is 2.23. The molecule has 14 heavy (non-hydrogen) atoms. The molecule has 2 heterocycles. The Hall–Kier alpha value is -1.35. The van der Waals surface area contributed by atoms with E-state index in [1.807, 2.05) is 31.4 Å². The van der Waals surface area contributed by atoms with Crippen LogP contribution < -0.4 is 0 Å². The van der Waals surface area contributed by atoms with Gasteiger partial charge in [-0.3, -0.25) is 4.68 Å². The Bertz CT molecular complexity index is 436. The summed E-state index contributed by atoms with van der Waals surface area (Å²) >= 11 is 5.94. The summed E-state index contributed by atoms with van der Waals surface area (Å²) in [6.45, 7) is 0. The Morgan fingerprint density at radius 3 is 2.93 bits per heavy atom. The maximum Gasteiger partial charge on any atom is 0.132 e. The summed E-state index contributed by atoms with van der Waals surface area (Å²) in [7, 11) is 1.90. The van der Waals surface area contributed by atoms with Crippen LogP contribution in [0.3, 0.4) is 0 Å². The third kappa shape index (κ3) is 1.93. The van der Waals surface area contributed by atoms with Gasteiger partial charge >= 0.3 is 0 Å². The number of aromatic nitrogens is 3. The van der Waals surface area contributed by atoms with Crippen molar-refractivity contribution in [3.63, 3.8) is 0 Å². The van der Waals surface area contributed by atoms with E-state index in [-0.39, 0.29) is 0 Å². The summed E-state index contributed by atoms with van der Waals surface area (Å²) in [5, 5.41) is 4.83. The molecule has 0 aromatic carbocycles. The van der Waals surface area contributed by atoms with Crippen molar-refractivity contribution < 1.29 is 0 Å². The van der Waals surface area contributed by atoms with Crippen LogP contribution in [0, 0.1) is 0 Å². The molecule has 0 fully saturated rings. The van der Waals surface area contributed by atoms with Crippen LogP contribution in [-0.4, -0.2) is 14.8 Å². The van der Waals surface area contributed by atoms with Gasteiger partial charge in [0.15, 0.2) is 0 Å². The second kappa shape index (κ2) is 3.80. The Kier molecular flexibility index (Phi) is 2.50. The summed E-state index contributed by atoms with van der Waals surface area (Å²) in [6.07, 6.45) is 4.33. The van der Waals surface area contributed by atoms with Gasteiger partial charge < -0.3 is 0 Å². The number of hydrogen-bond acceptors (Lipinski definition) is 2. The Morgan fingerprint density at radius 2 is 2.29 bits per heavy atom. The molecular formula is C10H10ClN3. The third-order valence-corrected chi connectivity index (χ3v) is 2.32. The average molecular weight is 208 g/mol. The van der Waals surface area contributed by atoms with Crippen LogP contribution in [0.2, 0.25) is 5.15 Å². The van der Waals surface area contributed by atoms with E-state index in [0.717, 1.165) is 17.7 Å². The molecule has 0 atom stereocenters. The van der Waals surface area contributed by atoms with Crippen molar-refractivity contribution >= 4 is 11.6 Å². The van der Waals surface area contributed by atoms with Gasteiger partial charge in [-0.1, -0.05) is 17.7 Å². The summed E-state index contributed by atoms with van der Waals surface area (Å²) in [6, 6.07) is 5.82. The average Bonchev–Trinajstić information content (AvgIpc) is 2.56. The first kappa shape index (κ1) is 9.21. The maximum absolute atomic E-state index is 5.94. The van der Waals surface area contributed by atoms with Gasteiger partial charge in [-0.25, -0.2) is 4.98 Å². The van der Waals surface area contributed by atoms with Gasteiger partial charge in [0.05, 0.1) is 5.69 Å². The lowest BCUT2D eigenvalue weighted by Gasteiger charge is -1.99. The molecule has 0 amide bonds. The minimum absolute atomic E-state index is 0.554. The molecule has 0 saturated heterocycles. The number of rotatable bonds is 2. The van der Waals surface area contributed by atoms with Crippen LogP contribution in [0.1, 0.15) is 11.3 Å². The molecule has 0 radical (unpaired) electrons. The molecule has 0 bridgehead atoms. The van der Waals surface area contributed by atoms with E-state index in [1.54, 1.807) is 10.9 Å². The molecule has 0 N–H and O–H groups in total. The maximum atomic E-state index is 5.94. The zero-order valence-corrected chi connectivity index (χ0v) is 8.57. The number of halogens is 1. The normalized spacial score (nSPS) is 10.4. The fourth-order valence-electron chi connectivity index (χ4n) is 1.30. The van der Waals surface area contributed by atoms with Crippen LogP contribution in [0.25, 0.3) is 0 Å². The number of hydrogen-bond donors (Lipinski definition) is 0. The van der Waals surface area contributed by atoms with Gasteiger partial charge in [-0.15, -0.1) is 0 Å². The quantitative estimate of drug-likeness (QED) is 0.706. The van der Waals surface area contributed by atoms with Gasteiger partial charge in [-0.05, 0) is 17.7 Å². The van der Waals surface area contributed by atoms with Crippen LogP contribution in [-0.2, 0) is 13.5 Å². The van der Waals surface area contributed by atoms with Crippen LogP contribution >= 0.6 is 11.6 Å². The highest BCUT2D eigenvalue weighted by Crippen LogP contribution is 2.14.